The van der Waals surface area contributed by atoms with E-state index in [2.05, 4.69) is 187 Å². The Morgan fingerprint density at radius 1 is 0.473 bits per heavy atom. The fraction of sp³-hybridized carbons (Fsp3) is 0.0588. The highest BCUT2D eigenvalue weighted by Crippen LogP contribution is 2.60. The zero-order valence-electron chi connectivity index (χ0n) is 30.5. The highest BCUT2D eigenvalue weighted by Gasteiger charge is 2.41. The summed E-state index contributed by atoms with van der Waals surface area (Å²) in [7, 11) is 0. The average Bonchev–Trinajstić information content (AvgIpc) is 3.62. The van der Waals surface area contributed by atoms with E-state index in [-0.39, 0.29) is 5.41 Å². The van der Waals surface area contributed by atoms with Crippen LogP contribution in [0.5, 0.6) is 11.5 Å². The van der Waals surface area contributed by atoms with E-state index in [4.69, 9.17) is 9.15 Å². The molecule has 0 saturated carbocycles. The van der Waals surface area contributed by atoms with Crippen molar-refractivity contribution >= 4 is 56.1 Å². The Bertz CT molecular complexity index is 2940. The second-order valence-corrected chi connectivity index (χ2v) is 15.0. The molecule has 0 aliphatic carbocycles. The van der Waals surface area contributed by atoms with Gasteiger partial charge < -0.3 is 19.0 Å². The Hall–Kier alpha value is -7.04. The van der Waals surface area contributed by atoms with Gasteiger partial charge in [0.2, 0.25) is 0 Å². The van der Waals surface area contributed by atoms with Crippen molar-refractivity contribution in [2.45, 2.75) is 19.3 Å². The summed E-state index contributed by atoms with van der Waals surface area (Å²) in [6.07, 6.45) is 0. The van der Waals surface area contributed by atoms with Gasteiger partial charge in [0, 0.05) is 27.6 Å². The highest BCUT2D eigenvalue weighted by atomic mass is 16.5. The van der Waals surface area contributed by atoms with Crippen molar-refractivity contribution < 1.29 is 9.15 Å². The van der Waals surface area contributed by atoms with E-state index in [0.717, 1.165) is 73.0 Å². The van der Waals surface area contributed by atoms with E-state index in [1.165, 1.54) is 27.9 Å². The normalized spacial score (nSPS) is 13.5. The van der Waals surface area contributed by atoms with Crippen molar-refractivity contribution in [3.63, 3.8) is 0 Å². The van der Waals surface area contributed by atoms with Crippen molar-refractivity contribution in [3.8, 4) is 33.8 Å². The predicted molar refractivity (Wildman–Crippen MR) is 226 cm³/mol. The topological polar surface area (TPSA) is 28.9 Å². The molecule has 0 radical (unpaired) electrons. The SMILES string of the molecule is CC1(C)c2ccccc2N2c3ccccc3Oc3cc(-c4cccc(N(c5ccc(-c6ccccc6)cc5)c5cccc6c5oc5ccccc56)c4)cc1c32. The van der Waals surface area contributed by atoms with Gasteiger partial charge in [0.25, 0.3) is 0 Å². The van der Waals surface area contributed by atoms with Gasteiger partial charge in [-0.1, -0.05) is 129 Å². The Morgan fingerprint density at radius 2 is 1.16 bits per heavy atom. The minimum Gasteiger partial charge on any atom is -0.454 e. The van der Waals surface area contributed by atoms with E-state index in [1.807, 2.05) is 18.2 Å². The molecule has 0 amide bonds. The van der Waals surface area contributed by atoms with Gasteiger partial charge in [0.15, 0.2) is 17.1 Å². The molecule has 0 saturated heterocycles. The molecule has 9 aromatic rings. The lowest BCUT2D eigenvalue weighted by Crippen LogP contribution is -2.32. The first-order valence-electron chi connectivity index (χ1n) is 18.8. The number of ether oxygens (including phenoxy) is 1. The molecule has 4 nitrogen and oxygen atoms in total. The molecule has 8 aromatic carbocycles. The van der Waals surface area contributed by atoms with Crippen molar-refractivity contribution in [2.24, 2.45) is 0 Å². The highest BCUT2D eigenvalue weighted by molar-refractivity contribution is 6.10. The van der Waals surface area contributed by atoms with Gasteiger partial charge in [-0.15, -0.1) is 0 Å². The molecule has 0 spiro atoms. The zero-order chi connectivity index (χ0) is 36.7. The number of hydrogen-bond acceptors (Lipinski definition) is 4. The third kappa shape index (κ3) is 4.85. The van der Waals surface area contributed by atoms with Gasteiger partial charge in [0.05, 0.1) is 22.7 Å². The van der Waals surface area contributed by atoms with Gasteiger partial charge in [-0.3, -0.25) is 0 Å². The second kappa shape index (κ2) is 12.0. The molecule has 11 rings (SSSR count). The van der Waals surface area contributed by atoms with Gasteiger partial charge in [-0.25, -0.2) is 0 Å². The lowest BCUT2D eigenvalue weighted by molar-refractivity contribution is 0.471. The summed E-state index contributed by atoms with van der Waals surface area (Å²) in [6, 6.07) is 64.6. The van der Waals surface area contributed by atoms with Crippen LogP contribution in [0.1, 0.15) is 25.0 Å². The van der Waals surface area contributed by atoms with E-state index in [0.29, 0.717) is 0 Å². The van der Waals surface area contributed by atoms with E-state index < -0.39 is 0 Å². The first-order chi connectivity index (χ1) is 27.0. The maximum atomic E-state index is 6.77. The smallest absolute Gasteiger partial charge is 0.159 e. The lowest BCUT2D eigenvalue weighted by Gasteiger charge is -2.45. The molecule has 262 valence electrons. The molecule has 4 heteroatoms. The third-order valence-corrected chi connectivity index (χ3v) is 11.4. The molecule has 3 heterocycles. The average molecular weight is 709 g/mol. The van der Waals surface area contributed by atoms with Crippen LogP contribution in [0.15, 0.2) is 186 Å². The number of para-hydroxylation sites is 5. The van der Waals surface area contributed by atoms with Crippen LogP contribution in [0.25, 0.3) is 44.2 Å². The van der Waals surface area contributed by atoms with Crippen LogP contribution in [-0.4, -0.2) is 0 Å². The Balaban J connectivity index is 1.09. The monoisotopic (exact) mass is 708 g/mol. The van der Waals surface area contributed by atoms with Crippen LogP contribution in [-0.2, 0) is 5.41 Å². The maximum absolute atomic E-state index is 6.77. The molecule has 0 N–H and O–H groups in total. The van der Waals surface area contributed by atoms with Crippen molar-refractivity contribution in [1.82, 2.24) is 0 Å². The Kier molecular flexibility index (Phi) is 6.86. The molecule has 0 fully saturated rings. The second-order valence-electron chi connectivity index (χ2n) is 15.0. The summed E-state index contributed by atoms with van der Waals surface area (Å²) < 4.78 is 13.4. The molecule has 2 aliphatic heterocycles. The fourth-order valence-electron chi connectivity index (χ4n) is 8.71. The maximum Gasteiger partial charge on any atom is 0.159 e. The minimum absolute atomic E-state index is 0.260. The summed E-state index contributed by atoms with van der Waals surface area (Å²) >= 11 is 0. The first-order valence-corrected chi connectivity index (χ1v) is 18.8. The van der Waals surface area contributed by atoms with Gasteiger partial charge in [-0.05, 0) is 100 Å². The van der Waals surface area contributed by atoms with E-state index in [9.17, 15) is 0 Å². The summed E-state index contributed by atoms with van der Waals surface area (Å²) in [5.74, 6) is 1.71. The van der Waals surface area contributed by atoms with Crippen LogP contribution in [0.2, 0.25) is 0 Å². The van der Waals surface area contributed by atoms with Gasteiger partial charge in [-0.2, -0.15) is 0 Å². The lowest BCUT2D eigenvalue weighted by atomic mass is 9.72. The number of furan rings is 1. The number of fused-ring (bicyclic) bond motifs is 7. The number of anilines is 6. The predicted octanol–water partition coefficient (Wildman–Crippen LogP) is 14.6. The minimum atomic E-state index is -0.260. The van der Waals surface area contributed by atoms with Gasteiger partial charge >= 0.3 is 0 Å². The largest absolute Gasteiger partial charge is 0.454 e. The first kappa shape index (κ1) is 31.5. The molecule has 1 aromatic heterocycles. The van der Waals surface area contributed by atoms with E-state index >= 15 is 0 Å². The molecule has 0 atom stereocenters. The van der Waals surface area contributed by atoms with Crippen LogP contribution in [0.4, 0.5) is 34.1 Å². The molecular weight excluding hydrogens is 673 g/mol. The molecule has 2 aliphatic rings. The number of hydrogen-bond donors (Lipinski definition) is 0. The third-order valence-electron chi connectivity index (χ3n) is 11.4. The number of rotatable bonds is 5. The summed E-state index contributed by atoms with van der Waals surface area (Å²) in [5, 5.41) is 2.20. The van der Waals surface area contributed by atoms with Crippen molar-refractivity contribution in [2.75, 3.05) is 9.80 Å². The Labute approximate surface area is 320 Å². The quantitative estimate of drug-likeness (QED) is 0.178. The summed E-state index contributed by atoms with van der Waals surface area (Å²) in [5.41, 5.74) is 15.0. The molecule has 0 unspecified atom stereocenters. The molecular formula is C51H36N2O2. The summed E-state index contributed by atoms with van der Waals surface area (Å²) in [4.78, 5) is 4.71. The van der Waals surface area contributed by atoms with Crippen LogP contribution < -0.4 is 14.5 Å². The summed E-state index contributed by atoms with van der Waals surface area (Å²) in [6.45, 7) is 4.66. The zero-order valence-corrected chi connectivity index (χ0v) is 30.5. The standard InChI is InChI=1S/C51H36N2O2/c1-51(2)41-20-7-8-21-43(41)53-44-22-9-11-25-47(44)54-48-32-36(31-42(51)49(48)53)35-16-12-17-38(30-35)52(37-28-26-34(27-29-37)33-14-4-3-5-15-33)45-23-13-19-40-39-18-6-10-24-46(39)55-50(40)45/h3-32H,1-2H3. The van der Waals surface area contributed by atoms with Crippen molar-refractivity contribution in [1.29, 1.82) is 0 Å². The molecule has 55 heavy (non-hydrogen) atoms. The molecule has 0 bridgehead atoms. The van der Waals surface area contributed by atoms with Crippen LogP contribution >= 0.6 is 0 Å². The van der Waals surface area contributed by atoms with Crippen molar-refractivity contribution in [3.05, 3.63) is 193 Å². The van der Waals surface area contributed by atoms with E-state index in [1.54, 1.807) is 0 Å². The van der Waals surface area contributed by atoms with Gasteiger partial charge in [0.1, 0.15) is 5.58 Å². The van der Waals surface area contributed by atoms with Crippen LogP contribution in [0.3, 0.4) is 0 Å². The number of nitrogens with zero attached hydrogens (tertiary/aromatic N) is 2. The van der Waals surface area contributed by atoms with Crippen LogP contribution in [0, 0.1) is 0 Å². The Morgan fingerprint density at radius 3 is 2.04 bits per heavy atom. The number of benzene rings is 8. The fourth-order valence-corrected chi connectivity index (χ4v) is 8.71.